The fraction of sp³-hybridized carbons (Fsp3) is 0.444. The van der Waals surface area contributed by atoms with Crippen LogP contribution < -0.4 is 4.90 Å². The Hall–Kier alpha value is -1.91. The first-order valence-electron chi connectivity index (χ1n) is 9.13. The molecule has 1 saturated heterocycles. The summed E-state index contributed by atoms with van der Waals surface area (Å²) in [6, 6.07) is 4.66. The first kappa shape index (κ1) is 20.4. The highest BCUT2D eigenvalue weighted by atomic mass is 35.5. The third-order valence-corrected chi connectivity index (χ3v) is 7.47. The molecule has 0 saturated carbocycles. The Morgan fingerprint density at radius 2 is 1.72 bits per heavy atom. The number of alkyl halides is 3. The molecule has 0 radical (unpaired) electrons. The van der Waals surface area contributed by atoms with Gasteiger partial charge in [-0.1, -0.05) is 11.6 Å². The molecule has 4 rings (SSSR count). The largest absolute Gasteiger partial charge is 0.417 e. The van der Waals surface area contributed by atoms with Crippen LogP contribution in [-0.2, 0) is 29.0 Å². The van der Waals surface area contributed by atoms with E-state index in [1.54, 1.807) is 0 Å². The predicted molar refractivity (Wildman–Crippen MR) is 101 cm³/mol. The third-order valence-electron chi connectivity index (χ3n) is 5.25. The van der Waals surface area contributed by atoms with Crippen molar-refractivity contribution in [2.75, 3.05) is 31.1 Å². The van der Waals surface area contributed by atoms with Gasteiger partial charge in [0.25, 0.3) is 0 Å². The Kier molecular flexibility index (Phi) is 5.20. The molecule has 1 aromatic carbocycles. The van der Waals surface area contributed by atoms with Crippen molar-refractivity contribution < 1.29 is 21.6 Å². The second-order valence-electron chi connectivity index (χ2n) is 7.06. The molecule has 29 heavy (non-hydrogen) atoms. The van der Waals surface area contributed by atoms with Gasteiger partial charge in [0.15, 0.2) is 5.82 Å². The van der Waals surface area contributed by atoms with Crippen molar-refractivity contribution >= 4 is 27.4 Å². The molecule has 1 aliphatic carbocycles. The van der Waals surface area contributed by atoms with E-state index < -0.39 is 31.7 Å². The number of rotatable bonds is 3. The number of sulfonamides is 1. The lowest BCUT2D eigenvalue weighted by Gasteiger charge is -2.34. The first-order valence-corrected chi connectivity index (χ1v) is 11.0. The summed E-state index contributed by atoms with van der Waals surface area (Å²) in [5.41, 5.74) is 1.02. The van der Waals surface area contributed by atoms with Gasteiger partial charge in [-0.15, -0.1) is 5.10 Å². The molecule has 2 aliphatic rings. The topological polar surface area (TPSA) is 66.4 Å². The van der Waals surface area contributed by atoms with Crippen LogP contribution in [0.1, 0.15) is 23.2 Å². The standard InChI is InChI=1S/C18H18ClF3N4O2S/c19-15-5-4-13(11-14(15)18(20,21)22)29(27,28)26-8-6-25(7-9-26)17-10-12-2-1-3-16(12)23-24-17/h4-5,10-11H,1-3,6-9H2. The highest BCUT2D eigenvalue weighted by Crippen LogP contribution is 2.36. The Morgan fingerprint density at radius 3 is 2.41 bits per heavy atom. The minimum absolute atomic E-state index is 0.144. The number of nitrogens with zero attached hydrogens (tertiary/aromatic N) is 4. The quantitative estimate of drug-likeness (QED) is 0.724. The Labute approximate surface area is 171 Å². The van der Waals surface area contributed by atoms with Crippen LogP contribution in [0.15, 0.2) is 29.2 Å². The van der Waals surface area contributed by atoms with Gasteiger partial charge in [0.05, 0.1) is 21.2 Å². The second kappa shape index (κ2) is 7.41. The van der Waals surface area contributed by atoms with Crippen LogP contribution in [0.2, 0.25) is 5.02 Å². The monoisotopic (exact) mass is 446 g/mol. The molecule has 1 fully saturated rings. The van der Waals surface area contributed by atoms with E-state index in [9.17, 15) is 21.6 Å². The highest BCUT2D eigenvalue weighted by Gasteiger charge is 2.36. The van der Waals surface area contributed by atoms with E-state index in [0.717, 1.165) is 37.1 Å². The molecule has 1 aromatic heterocycles. The molecule has 0 amide bonds. The summed E-state index contributed by atoms with van der Waals surface area (Å²) >= 11 is 5.60. The van der Waals surface area contributed by atoms with E-state index in [-0.39, 0.29) is 13.1 Å². The molecular formula is C18H18ClF3N4O2S. The summed E-state index contributed by atoms with van der Waals surface area (Å²) in [5, 5.41) is 7.95. The van der Waals surface area contributed by atoms with Gasteiger partial charge in [-0.25, -0.2) is 8.42 Å². The maximum atomic E-state index is 13.1. The van der Waals surface area contributed by atoms with Crippen LogP contribution in [0, 0.1) is 0 Å². The normalized spacial score (nSPS) is 18.1. The van der Waals surface area contributed by atoms with Crippen molar-refractivity contribution in [3.63, 3.8) is 0 Å². The predicted octanol–water partition coefficient (Wildman–Crippen LogP) is 3.15. The zero-order chi connectivity index (χ0) is 20.8. The molecule has 156 valence electrons. The molecule has 2 heterocycles. The maximum absolute atomic E-state index is 13.1. The van der Waals surface area contributed by atoms with Gasteiger partial charge >= 0.3 is 6.18 Å². The number of hydrogen-bond acceptors (Lipinski definition) is 5. The smallest absolute Gasteiger partial charge is 0.352 e. The molecule has 0 N–H and O–H groups in total. The summed E-state index contributed by atoms with van der Waals surface area (Å²) in [7, 11) is -4.06. The summed E-state index contributed by atoms with van der Waals surface area (Å²) in [4.78, 5) is 1.53. The number of hydrogen-bond donors (Lipinski definition) is 0. The van der Waals surface area contributed by atoms with E-state index >= 15 is 0 Å². The van der Waals surface area contributed by atoms with Gasteiger partial charge < -0.3 is 4.90 Å². The van der Waals surface area contributed by atoms with Gasteiger partial charge in [0.1, 0.15) is 0 Å². The van der Waals surface area contributed by atoms with Gasteiger partial charge in [-0.2, -0.15) is 22.6 Å². The lowest BCUT2D eigenvalue weighted by molar-refractivity contribution is -0.137. The minimum Gasteiger partial charge on any atom is -0.352 e. The zero-order valence-corrected chi connectivity index (χ0v) is 16.9. The summed E-state index contributed by atoms with van der Waals surface area (Å²) < 4.78 is 66.1. The summed E-state index contributed by atoms with van der Waals surface area (Å²) in [6.07, 6.45) is -1.78. The van der Waals surface area contributed by atoms with Crippen molar-refractivity contribution in [3.8, 4) is 0 Å². The molecule has 0 unspecified atom stereocenters. The lowest BCUT2D eigenvalue weighted by atomic mass is 10.2. The van der Waals surface area contributed by atoms with Gasteiger partial charge in [0.2, 0.25) is 10.0 Å². The molecule has 0 atom stereocenters. The van der Waals surface area contributed by atoms with Crippen LogP contribution in [0.5, 0.6) is 0 Å². The average molecular weight is 447 g/mol. The van der Waals surface area contributed by atoms with E-state index in [0.29, 0.717) is 25.0 Å². The van der Waals surface area contributed by atoms with Gasteiger partial charge in [-0.3, -0.25) is 0 Å². The number of aromatic nitrogens is 2. The second-order valence-corrected chi connectivity index (χ2v) is 9.40. The average Bonchev–Trinajstić information content (AvgIpc) is 3.15. The molecular weight excluding hydrogens is 429 g/mol. The minimum atomic E-state index is -4.73. The van der Waals surface area contributed by atoms with Crippen molar-refractivity contribution in [1.29, 1.82) is 0 Å². The number of anilines is 1. The van der Waals surface area contributed by atoms with Crippen molar-refractivity contribution in [3.05, 3.63) is 46.1 Å². The molecule has 6 nitrogen and oxygen atoms in total. The van der Waals surface area contributed by atoms with Gasteiger partial charge in [0, 0.05) is 26.2 Å². The van der Waals surface area contributed by atoms with E-state index in [4.69, 9.17) is 11.6 Å². The zero-order valence-electron chi connectivity index (χ0n) is 15.3. The van der Waals surface area contributed by atoms with Crippen molar-refractivity contribution in [1.82, 2.24) is 14.5 Å². The summed E-state index contributed by atoms with van der Waals surface area (Å²) in [6.45, 7) is 1.05. The van der Waals surface area contributed by atoms with Crippen molar-refractivity contribution in [2.45, 2.75) is 30.3 Å². The first-order chi connectivity index (χ1) is 13.7. The van der Waals surface area contributed by atoms with Crippen LogP contribution in [0.3, 0.4) is 0 Å². The van der Waals surface area contributed by atoms with E-state index in [2.05, 4.69) is 10.2 Å². The molecule has 0 spiro atoms. The molecule has 1 aliphatic heterocycles. The SMILES string of the molecule is O=S(=O)(c1ccc(Cl)c(C(F)(F)F)c1)N1CCN(c2cc3c(nn2)CCC3)CC1. The molecule has 11 heteroatoms. The fourth-order valence-corrected chi connectivity index (χ4v) is 5.33. The van der Waals surface area contributed by atoms with E-state index in [1.807, 2.05) is 11.0 Å². The maximum Gasteiger partial charge on any atom is 0.417 e. The lowest BCUT2D eigenvalue weighted by Crippen LogP contribution is -2.49. The van der Waals surface area contributed by atoms with Crippen LogP contribution >= 0.6 is 11.6 Å². The Balaban J connectivity index is 1.51. The highest BCUT2D eigenvalue weighted by molar-refractivity contribution is 7.89. The van der Waals surface area contributed by atoms with Crippen molar-refractivity contribution in [2.24, 2.45) is 0 Å². The summed E-state index contributed by atoms with van der Waals surface area (Å²) in [5.74, 6) is 0.702. The number of halogens is 4. The number of aryl methyl sites for hydroxylation is 2. The van der Waals surface area contributed by atoms with Gasteiger partial charge in [-0.05, 0) is 49.1 Å². The fourth-order valence-electron chi connectivity index (χ4n) is 3.66. The molecule has 2 aromatic rings. The number of benzene rings is 1. The van der Waals surface area contributed by atoms with Crippen LogP contribution in [0.25, 0.3) is 0 Å². The van der Waals surface area contributed by atoms with Crippen LogP contribution in [0.4, 0.5) is 19.0 Å². The van der Waals surface area contributed by atoms with E-state index in [1.165, 1.54) is 9.87 Å². The number of piperazine rings is 1. The Bertz CT molecular complexity index is 1040. The van der Waals surface area contributed by atoms with Crippen LogP contribution in [-0.4, -0.2) is 49.1 Å². The number of fused-ring (bicyclic) bond motifs is 1. The third kappa shape index (κ3) is 3.93. The molecule has 0 bridgehead atoms. The Morgan fingerprint density at radius 1 is 1.00 bits per heavy atom.